The molecule has 3 rings (SSSR count). The first-order chi connectivity index (χ1) is 11.6. The number of carbonyl (C=O) groups is 2. The average molecular weight is 322 g/mol. The number of hydrogen-bond acceptors (Lipinski definition) is 4. The van der Waals surface area contributed by atoms with Crippen molar-refractivity contribution in [2.24, 2.45) is 0 Å². The van der Waals surface area contributed by atoms with Gasteiger partial charge in [0.05, 0.1) is 13.2 Å². The number of aliphatic hydroxyl groups excluding tert-OH is 1. The molecule has 0 saturated heterocycles. The van der Waals surface area contributed by atoms with Crippen LogP contribution in [-0.2, 0) is 9.59 Å². The largest absolute Gasteiger partial charge is 0.395 e. The predicted molar refractivity (Wildman–Crippen MR) is 92.1 cm³/mol. The van der Waals surface area contributed by atoms with Crippen LogP contribution >= 0.6 is 0 Å². The molecule has 1 aliphatic heterocycles. The Kier molecular flexibility index (Phi) is 4.44. The van der Waals surface area contributed by atoms with Gasteiger partial charge in [-0.2, -0.15) is 0 Å². The van der Waals surface area contributed by atoms with Gasteiger partial charge in [-0.15, -0.1) is 0 Å². The van der Waals surface area contributed by atoms with Gasteiger partial charge in [0.2, 0.25) is 0 Å². The van der Waals surface area contributed by atoms with Crippen LogP contribution in [0.1, 0.15) is 5.56 Å². The fraction of sp³-hybridized carbons (Fsp3) is 0.158. The topological polar surface area (TPSA) is 69.6 Å². The molecule has 5 heteroatoms. The summed E-state index contributed by atoms with van der Waals surface area (Å²) < 4.78 is 0. The highest BCUT2D eigenvalue weighted by Crippen LogP contribution is 2.23. The third-order valence-electron chi connectivity index (χ3n) is 3.85. The van der Waals surface area contributed by atoms with Crippen LogP contribution in [0.15, 0.2) is 60.3 Å². The van der Waals surface area contributed by atoms with Gasteiger partial charge in [-0.05, 0) is 30.2 Å². The van der Waals surface area contributed by atoms with Crippen LogP contribution in [0, 0.1) is 6.92 Å². The molecule has 122 valence electrons. The van der Waals surface area contributed by atoms with E-state index in [-0.39, 0.29) is 18.8 Å². The van der Waals surface area contributed by atoms with E-state index in [4.69, 9.17) is 5.11 Å². The summed E-state index contributed by atoms with van der Waals surface area (Å²) in [6.45, 7) is 1.81. The van der Waals surface area contributed by atoms with Crippen LogP contribution < -0.4 is 5.32 Å². The minimum absolute atomic E-state index is 0.00560. The summed E-state index contributed by atoms with van der Waals surface area (Å²) in [4.78, 5) is 24.8. The lowest BCUT2D eigenvalue weighted by atomic mass is 10.0. The predicted octanol–water partition coefficient (Wildman–Crippen LogP) is 2.32. The number of imide groups is 1. The van der Waals surface area contributed by atoms with E-state index in [1.807, 2.05) is 49.4 Å². The van der Waals surface area contributed by atoms with Crippen molar-refractivity contribution in [3.8, 4) is 11.1 Å². The maximum absolute atomic E-state index is 12.1. The number of anilines is 1. The van der Waals surface area contributed by atoms with Crippen molar-refractivity contribution in [1.29, 1.82) is 0 Å². The van der Waals surface area contributed by atoms with Crippen molar-refractivity contribution in [2.45, 2.75) is 6.92 Å². The monoisotopic (exact) mass is 322 g/mol. The zero-order chi connectivity index (χ0) is 17.1. The minimum atomic E-state index is -0.420. The molecule has 1 heterocycles. The van der Waals surface area contributed by atoms with Gasteiger partial charge >= 0.3 is 0 Å². The van der Waals surface area contributed by atoms with Crippen molar-refractivity contribution in [3.63, 3.8) is 0 Å². The first kappa shape index (κ1) is 16.0. The molecule has 0 fully saturated rings. The van der Waals surface area contributed by atoms with Crippen molar-refractivity contribution < 1.29 is 14.7 Å². The van der Waals surface area contributed by atoms with Gasteiger partial charge in [0.1, 0.15) is 5.70 Å². The molecule has 0 aromatic heterocycles. The Bertz CT molecular complexity index is 810. The summed E-state index contributed by atoms with van der Waals surface area (Å²) in [5.74, 6) is -0.829. The highest BCUT2D eigenvalue weighted by Gasteiger charge is 2.30. The molecule has 2 amide bonds. The Hall–Kier alpha value is -2.92. The fourth-order valence-electron chi connectivity index (χ4n) is 2.64. The van der Waals surface area contributed by atoms with E-state index in [1.54, 1.807) is 0 Å². The van der Waals surface area contributed by atoms with Crippen LogP contribution in [0.2, 0.25) is 0 Å². The van der Waals surface area contributed by atoms with Crippen LogP contribution in [0.4, 0.5) is 5.69 Å². The molecule has 5 nitrogen and oxygen atoms in total. The van der Waals surface area contributed by atoms with Crippen LogP contribution in [0.5, 0.6) is 0 Å². The third kappa shape index (κ3) is 3.21. The van der Waals surface area contributed by atoms with Crippen molar-refractivity contribution >= 4 is 17.5 Å². The summed E-state index contributed by atoms with van der Waals surface area (Å²) in [6.07, 6.45) is 1.26. The maximum atomic E-state index is 12.1. The molecule has 0 spiro atoms. The summed E-state index contributed by atoms with van der Waals surface area (Å²) in [5.41, 5.74) is 4.34. The molecule has 2 aromatic carbocycles. The smallest absolute Gasteiger partial charge is 0.277 e. The summed E-state index contributed by atoms with van der Waals surface area (Å²) >= 11 is 0. The molecule has 1 aliphatic rings. The Labute approximate surface area is 140 Å². The molecular weight excluding hydrogens is 304 g/mol. The molecule has 24 heavy (non-hydrogen) atoms. The van der Waals surface area contributed by atoms with Gasteiger partial charge in [-0.25, -0.2) is 0 Å². The van der Waals surface area contributed by atoms with E-state index in [0.29, 0.717) is 0 Å². The Balaban J connectivity index is 1.74. The van der Waals surface area contributed by atoms with E-state index in [0.717, 1.165) is 21.7 Å². The summed E-state index contributed by atoms with van der Waals surface area (Å²) in [6, 6.07) is 15.9. The van der Waals surface area contributed by atoms with Gasteiger partial charge < -0.3 is 10.4 Å². The average Bonchev–Trinajstić information content (AvgIpc) is 2.83. The zero-order valence-corrected chi connectivity index (χ0v) is 13.3. The first-order valence-corrected chi connectivity index (χ1v) is 7.71. The second-order valence-electron chi connectivity index (χ2n) is 5.65. The van der Waals surface area contributed by atoms with Crippen LogP contribution in [0.25, 0.3) is 11.1 Å². The fourth-order valence-corrected chi connectivity index (χ4v) is 2.64. The molecule has 0 radical (unpaired) electrons. The second-order valence-corrected chi connectivity index (χ2v) is 5.65. The summed E-state index contributed by atoms with van der Waals surface area (Å²) in [7, 11) is 0. The lowest BCUT2D eigenvalue weighted by Crippen LogP contribution is -2.34. The normalized spacial score (nSPS) is 14.1. The van der Waals surface area contributed by atoms with Crippen LogP contribution in [-0.4, -0.2) is 35.0 Å². The lowest BCUT2D eigenvalue weighted by Gasteiger charge is -2.13. The number of benzene rings is 2. The van der Waals surface area contributed by atoms with E-state index >= 15 is 0 Å². The molecular formula is C19H18N2O3. The van der Waals surface area contributed by atoms with Crippen molar-refractivity contribution in [1.82, 2.24) is 4.90 Å². The molecule has 0 unspecified atom stereocenters. The van der Waals surface area contributed by atoms with E-state index in [9.17, 15) is 9.59 Å². The number of hydrogen-bond donors (Lipinski definition) is 2. The number of carbonyl (C=O) groups excluding carboxylic acids is 2. The van der Waals surface area contributed by atoms with Gasteiger partial charge in [0.25, 0.3) is 11.8 Å². The van der Waals surface area contributed by atoms with E-state index in [2.05, 4.69) is 11.4 Å². The number of amides is 2. The zero-order valence-electron chi connectivity index (χ0n) is 13.3. The number of nitrogens with one attached hydrogen (secondary N) is 1. The standard InChI is InChI=1S/C19H18N2O3/c1-13-3-2-4-15(11-13)14-5-7-16(8-6-14)20-17-12-18(23)21(9-10-22)19(17)24/h2-8,11-12,20,22H,9-10H2,1H3. The van der Waals surface area contributed by atoms with Crippen molar-refractivity contribution in [3.05, 3.63) is 65.9 Å². The molecule has 0 saturated carbocycles. The maximum Gasteiger partial charge on any atom is 0.277 e. The van der Waals surface area contributed by atoms with Crippen molar-refractivity contribution in [2.75, 3.05) is 18.5 Å². The quantitative estimate of drug-likeness (QED) is 0.829. The second kappa shape index (κ2) is 6.68. The summed E-state index contributed by atoms with van der Waals surface area (Å²) in [5, 5.41) is 11.9. The minimum Gasteiger partial charge on any atom is -0.395 e. The Morgan fingerprint density at radius 3 is 2.46 bits per heavy atom. The lowest BCUT2D eigenvalue weighted by molar-refractivity contribution is -0.137. The first-order valence-electron chi connectivity index (χ1n) is 7.71. The molecule has 0 aliphatic carbocycles. The van der Waals surface area contributed by atoms with E-state index < -0.39 is 11.8 Å². The number of aryl methyl sites for hydroxylation is 1. The van der Waals surface area contributed by atoms with Gasteiger partial charge in [-0.1, -0.05) is 42.0 Å². The van der Waals surface area contributed by atoms with Gasteiger partial charge in [0.15, 0.2) is 0 Å². The molecule has 2 N–H and O–H groups in total. The molecule has 0 bridgehead atoms. The van der Waals surface area contributed by atoms with E-state index in [1.165, 1.54) is 11.6 Å². The Morgan fingerprint density at radius 2 is 1.79 bits per heavy atom. The third-order valence-corrected chi connectivity index (χ3v) is 3.85. The Morgan fingerprint density at radius 1 is 1.04 bits per heavy atom. The number of rotatable bonds is 5. The number of nitrogens with zero attached hydrogens (tertiary/aromatic N) is 1. The number of β-amino-alcohol motifs (C(OH)–C–C–N with tert-alkyl or cyclic N) is 1. The highest BCUT2D eigenvalue weighted by atomic mass is 16.3. The number of aliphatic hydroxyl groups is 1. The molecule has 2 aromatic rings. The highest BCUT2D eigenvalue weighted by molar-refractivity contribution is 6.17. The molecule has 0 atom stereocenters. The van der Waals surface area contributed by atoms with Gasteiger partial charge in [-0.3, -0.25) is 14.5 Å². The van der Waals surface area contributed by atoms with Crippen LogP contribution in [0.3, 0.4) is 0 Å². The SMILES string of the molecule is Cc1cccc(-c2ccc(NC3=CC(=O)N(CCO)C3=O)cc2)c1. The van der Waals surface area contributed by atoms with Gasteiger partial charge in [0, 0.05) is 11.8 Å².